The molecule has 0 aliphatic carbocycles. The van der Waals surface area contributed by atoms with Gasteiger partial charge in [0.2, 0.25) is 0 Å². The maximum Gasteiger partial charge on any atom is 0.320 e. The minimum absolute atomic E-state index is 0.00680. The summed E-state index contributed by atoms with van der Waals surface area (Å²) in [7, 11) is 0. The van der Waals surface area contributed by atoms with Gasteiger partial charge in [-0.1, -0.05) is 85.0 Å². The lowest BCUT2D eigenvalue weighted by Gasteiger charge is -2.26. The number of hydrogen-bond acceptors (Lipinski definition) is 5. The van der Waals surface area contributed by atoms with Crippen molar-refractivity contribution in [3.8, 4) is 23.0 Å². The molecule has 2 N–H and O–H groups in total. The third-order valence-corrected chi connectivity index (χ3v) is 6.33. The van der Waals surface area contributed by atoms with E-state index < -0.39 is 18.0 Å². The molecule has 0 amide bonds. The van der Waals surface area contributed by atoms with Crippen LogP contribution in [-0.2, 0) is 9.59 Å². The second-order valence-electron chi connectivity index (χ2n) is 9.52. The molecule has 0 aliphatic heterocycles. The van der Waals surface area contributed by atoms with Gasteiger partial charge in [0.05, 0.1) is 0 Å². The zero-order chi connectivity index (χ0) is 29.6. The Morgan fingerprint density at radius 1 is 0.643 bits per heavy atom. The highest BCUT2D eigenvalue weighted by Gasteiger charge is 2.24. The summed E-state index contributed by atoms with van der Waals surface area (Å²) in [5.74, 6) is 0.748. The predicted molar refractivity (Wildman–Crippen MR) is 164 cm³/mol. The minimum Gasteiger partial charge on any atom is -0.481 e. The van der Waals surface area contributed by atoms with Crippen molar-refractivity contribution in [2.45, 2.75) is 18.9 Å². The second kappa shape index (κ2) is 15.6. The standard InChI is InChI=1S/C35H33NO6/c37-34(38)22-21-33(35(39)40)36(23-9-13-27-11-7-19-31(25-27)41-29-15-3-1-4-16-29)24-10-14-28-12-8-20-32(26-28)42-30-17-5-2-6-18-30/h1-20,25-26,33H,21-24H2,(H,37,38)(H,39,40)/b13-9+,14-10+/t33-/m0/s1. The summed E-state index contributed by atoms with van der Waals surface area (Å²) in [6, 6.07) is 33.2. The van der Waals surface area contributed by atoms with E-state index in [1.807, 2.05) is 133 Å². The zero-order valence-electron chi connectivity index (χ0n) is 23.1. The van der Waals surface area contributed by atoms with E-state index in [1.54, 1.807) is 4.90 Å². The minimum atomic E-state index is -1.06. The van der Waals surface area contributed by atoms with Gasteiger partial charge in [-0.25, -0.2) is 0 Å². The lowest BCUT2D eigenvalue weighted by molar-refractivity contribution is -0.144. The predicted octanol–water partition coefficient (Wildman–Crippen LogP) is 7.62. The summed E-state index contributed by atoms with van der Waals surface area (Å²) in [5.41, 5.74) is 1.79. The SMILES string of the molecule is O=C(O)CC[C@@H](C(=O)O)N(C/C=C/c1cccc(Oc2ccccc2)c1)C/C=C/c1cccc(Oc2ccccc2)c1. The van der Waals surface area contributed by atoms with Gasteiger partial charge < -0.3 is 19.7 Å². The molecule has 214 valence electrons. The highest BCUT2D eigenvalue weighted by Crippen LogP contribution is 2.24. The Morgan fingerprint density at radius 3 is 1.52 bits per heavy atom. The average Bonchev–Trinajstić information content (AvgIpc) is 2.98. The van der Waals surface area contributed by atoms with Crippen molar-refractivity contribution in [1.82, 2.24) is 4.90 Å². The van der Waals surface area contributed by atoms with Crippen LogP contribution in [0, 0.1) is 0 Å². The molecule has 0 heterocycles. The van der Waals surface area contributed by atoms with E-state index in [4.69, 9.17) is 9.47 Å². The highest BCUT2D eigenvalue weighted by molar-refractivity contribution is 5.75. The molecule has 0 saturated carbocycles. The molecular weight excluding hydrogens is 530 g/mol. The van der Waals surface area contributed by atoms with Crippen LogP contribution in [-0.4, -0.2) is 46.2 Å². The average molecular weight is 564 g/mol. The zero-order valence-corrected chi connectivity index (χ0v) is 23.1. The first-order chi connectivity index (χ1) is 20.5. The topological polar surface area (TPSA) is 96.3 Å². The summed E-state index contributed by atoms with van der Waals surface area (Å²) >= 11 is 0. The maximum atomic E-state index is 12.1. The lowest BCUT2D eigenvalue weighted by Crippen LogP contribution is -2.41. The van der Waals surface area contributed by atoms with Crippen molar-refractivity contribution < 1.29 is 29.3 Å². The van der Waals surface area contributed by atoms with Crippen LogP contribution < -0.4 is 9.47 Å². The molecule has 0 spiro atoms. The molecule has 4 aromatic rings. The number of ether oxygens (including phenoxy) is 2. The van der Waals surface area contributed by atoms with Crippen LogP contribution in [0.5, 0.6) is 23.0 Å². The highest BCUT2D eigenvalue weighted by atomic mass is 16.5. The molecule has 0 radical (unpaired) electrons. The molecule has 0 saturated heterocycles. The summed E-state index contributed by atoms with van der Waals surface area (Å²) in [5, 5.41) is 19.1. The Balaban J connectivity index is 1.45. The van der Waals surface area contributed by atoms with Crippen LogP contribution in [0.2, 0.25) is 0 Å². The van der Waals surface area contributed by atoms with E-state index in [1.165, 1.54) is 0 Å². The van der Waals surface area contributed by atoms with Gasteiger partial charge in [-0.15, -0.1) is 0 Å². The van der Waals surface area contributed by atoms with Crippen molar-refractivity contribution >= 4 is 24.1 Å². The van der Waals surface area contributed by atoms with Crippen molar-refractivity contribution in [1.29, 1.82) is 0 Å². The number of hydrogen-bond donors (Lipinski definition) is 2. The van der Waals surface area contributed by atoms with E-state index in [2.05, 4.69) is 0 Å². The van der Waals surface area contributed by atoms with Crippen LogP contribution in [0.15, 0.2) is 121 Å². The number of benzene rings is 4. The van der Waals surface area contributed by atoms with Gasteiger partial charge in [-0.05, 0) is 66.1 Å². The first kappa shape index (κ1) is 29.8. The van der Waals surface area contributed by atoms with Crippen LogP contribution in [0.25, 0.3) is 12.2 Å². The molecule has 0 fully saturated rings. The van der Waals surface area contributed by atoms with Crippen LogP contribution in [0.3, 0.4) is 0 Å². The third-order valence-electron chi connectivity index (χ3n) is 6.33. The number of nitrogens with zero attached hydrogens (tertiary/aromatic N) is 1. The smallest absolute Gasteiger partial charge is 0.320 e. The van der Waals surface area contributed by atoms with E-state index in [0.29, 0.717) is 24.6 Å². The van der Waals surface area contributed by atoms with Crippen molar-refractivity contribution in [3.05, 3.63) is 132 Å². The number of carboxylic acid groups (broad SMARTS) is 2. The lowest BCUT2D eigenvalue weighted by atomic mass is 10.1. The molecule has 0 aliphatic rings. The Kier molecular flexibility index (Phi) is 11.1. The van der Waals surface area contributed by atoms with E-state index in [-0.39, 0.29) is 12.8 Å². The first-order valence-electron chi connectivity index (χ1n) is 13.6. The molecular formula is C35H33NO6. The Labute approximate surface area is 245 Å². The quantitative estimate of drug-likeness (QED) is 0.154. The number of carbonyl (C=O) groups is 2. The Hall–Kier alpha value is -5.14. The molecule has 0 unspecified atom stereocenters. The molecule has 7 heteroatoms. The first-order valence-corrected chi connectivity index (χ1v) is 13.6. The molecule has 0 bridgehead atoms. The second-order valence-corrected chi connectivity index (χ2v) is 9.52. The van der Waals surface area contributed by atoms with Crippen molar-refractivity contribution in [2.24, 2.45) is 0 Å². The van der Waals surface area contributed by atoms with E-state index in [9.17, 15) is 19.8 Å². The van der Waals surface area contributed by atoms with Crippen LogP contribution in [0.1, 0.15) is 24.0 Å². The van der Waals surface area contributed by atoms with Crippen LogP contribution in [0.4, 0.5) is 0 Å². The summed E-state index contributed by atoms with van der Waals surface area (Å²) in [6.45, 7) is 0.615. The summed E-state index contributed by atoms with van der Waals surface area (Å²) < 4.78 is 11.8. The monoisotopic (exact) mass is 563 g/mol. The van der Waals surface area contributed by atoms with Gasteiger partial charge in [0.25, 0.3) is 0 Å². The Morgan fingerprint density at radius 2 is 1.10 bits per heavy atom. The molecule has 1 atom stereocenters. The fourth-order valence-electron chi connectivity index (χ4n) is 4.31. The number of aliphatic carboxylic acids is 2. The van der Waals surface area contributed by atoms with Gasteiger partial charge >= 0.3 is 11.9 Å². The Bertz CT molecular complexity index is 1400. The van der Waals surface area contributed by atoms with E-state index in [0.717, 1.165) is 22.6 Å². The van der Waals surface area contributed by atoms with Crippen molar-refractivity contribution in [2.75, 3.05) is 13.1 Å². The van der Waals surface area contributed by atoms with Crippen LogP contribution >= 0.6 is 0 Å². The fraction of sp³-hybridized carbons (Fsp3) is 0.143. The van der Waals surface area contributed by atoms with Gasteiger partial charge in [0, 0.05) is 19.5 Å². The summed E-state index contributed by atoms with van der Waals surface area (Å²) in [4.78, 5) is 25.1. The summed E-state index contributed by atoms with van der Waals surface area (Å²) in [6.07, 6.45) is 7.30. The number of carboxylic acids is 2. The number of rotatable bonds is 15. The fourth-order valence-corrected chi connectivity index (χ4v) is 4.31. The van der Waals surface area contributed by atoms with Gasteiger partial charge in [0.15, 0.2) is 0 Å². The van der Waals surface area contributed by atoms with Gasteiger partial charge in [-0.2, -0.15) is 0 Å². The molecule has 7 nitrogen and oxygen atoms in total. The molecule has 42 heavy (non-hydrogen) atoms. The van der Waals surface area contributed by atoms with Crippen molar-refractivity contribution in [3.63, 3.8) is 0 Å². The normalized spacial score (nSPS) is 12.0. The third kappa shape index (κ3) is 9.80. The molecule has 4 rings (SSSR count). The van der Waals surface area contributed by atoms with E-state index >= 15 is 0 Å². The maximum absolute atomic E-state index is 12.1. The number of para-hydroxylation sites is 2. The largest absolute Gasteiger partial charge is 0.481 e. The molecule has 0 aromatic heterocycles. The van der Waals surface area contributed by atoms with Gasteiger partial charge in [0.1, 0.15) is 29.0 Å². The molecule has 4 aromatic carbocycles. The van der Waals surface area contributed by atoms with Gasteiger partial charge in [-0.3, -0.25) is 14.5 Å².